The number of pyridine rings is 1. The molecule has 7 nitrogen and oxygen atoms in total. The van der Waals surface area contributed by atoms with Crippen molar-refractivity contribution < 1.29 is 4.79 Å². The van der Waals surface area contributed by atoms with Crippen molar-refractivity contribution in [3.63, 3.8) is 0 Å². The third-order valence-electron chi connectivity index (χ3n) is 5.57. The number of hydrogen-bond donors (Lipinski definition) is 1. The van der Waals surface area contributed by atoms with Gasteiger partial charge in [-0.3, -0.25) is 4.79 Å². The molecule has 1 saturated heterocycles. The number of amides is 1. The molecule has 2 aromatic heterocycles. The molecule has 0 radical (unpaired) electrons. The van der Waals surface area contributed by atoms with E-state index in [-0.39, 0.29) is 18.0 Å². The van der Waals surface area contributed by atoms with Crippen molar-refractivity contribution >= 4 is 27.7 Å². The number of benzene rings is 1. The predicted molar refractivity (Wildman–Crippen MR) is 108 cm³/mol. The lowest BCUT2D eigenvalue weighted by Gasteiger charge is -2.34. The number of halogens is 1. The second kappa shape index (κ2) is 7.01. The fraction of sp³-hybridized carbons (Fsp3) is 0.300. The molecule has 2 bridgehead atoms. The average molecular weight is 439 g/mol. The van der Waals surface area contributed by atoms with Crippen molar-refractivity contribution in [2.45, 2.75) is 24.9 Å². The minimum atomic E-state index is 0.0377. The summed E-state index contributed by atoms with van der Waals surface area (Å²) in [4.78, 5) is 21.3. The smallest absolute Gasteiger partial charge is 0.256 e. The molecule has 2 aliphatic rings. The van der Waals surface area contributed by atoms with Gasteiger partial charge >= 0.3 is 0 Å². The quantitative estimate of drug-likeness (QED) is 0.676. The van der Waals surface area contributed by atoms with Gasteiger partial charge in [-0.05, 0) is 59.0 Å². The Morgan fingerprint density at radius 3 is 2.68 bits per heavy atom. The zero-order chi connectivity index (χ0) is 19.1. The number of carbonyl (C=O) groups is 1. The molecule has 0 unspecified atom stereocenters. The van der Waals surface area contributed by atoms with E-state index in [2.05, 4.69) is 36.4 Å². The van der Waals surface area contributed by atoms with Gasteiger partial charge in [-0.1, -0.05) is 12.1 Å². The van der Waals surface area contributed by atoms with E-state index in [9.17, 15) is 4.79 Å². The maximum Gasteiger partial charge on any atom is 0.256 e. The maximum atomic E-state index is 13.4. The van der Waals surface area contributed by atoms with Crippen molar-refractivity contribution in [1.82, 2.24) is 24.9 Å². The Kier molecular flexibility index (Phi) is 4.35. The summed E-state index contributed by atoms with van der Waals surface area (Å²) >= 11 is 3.41. The molecule has 28 heavy (non-hydrogen) atoms. The van der Waals surface area contributed by atoms with Crippen LogP contribution < -0.4 is 5.32 Å². The molecule has 3 aromatic rings. The zero-order valence-corrected chi connectivity index (χ0v) is 16.7. The molecule has 142 valence electrons. The summed E-state index contributed by atoms with van der Waals surface area (Å²) in [6, 6.07) is 11.8. The summed E-state index contributed by atoms with van der Waals surface area (Å²) in [7, 11) is 0. The Labute approximate surface area is 170 Å². The number of hydrogen-bond acceptors (Lipinski definition) is 5. The first-order valence-electron chi connectivity index (χ1n) is 9.34. The topological polar surface area (TPSA) is 75.9 Å². The fourth-order valence-corrected chi connectivity index (χ4v) is 4.62. The highest BCUT2D eigenvalue weighted by molar-refractivity contribution is 9.10. The molecule has 5 rings (SSSR count). The Balaban J connectivity index is 1.39. The molecule has 1 aliphatic carbocycles. The van der Waals surface area contributed by atoms with E-state index in [1.165, 1.54) is 4.80 Å². The van der Waals surface area contributed by atoms with Gasteiger partial charge in [0.25, 0.3) is 5.91 Å². The van der Waals surface area contributed by atoms with Crippen LogP contribution in [-0.2, 0) is 0 Å². The van der Waals surface area contributed by atoms with E-state index in [1.54, 1.807) is 18.6 Å². The lowest BCUT2D eigenvalue weighted by atomic mass is 10.0. The van der Waals surface area contributed by atoms with Crippen molar-refractivity contribution in [2.75, 3.05) is 11.9 Å². The number of piperidine rings is 1. The molecule has 1 saturated carbocycles. The summed E-state index contributed by atoms with van der Waals surface area (Å²) in [5.74, 6) is 1.40. The van der Waals surface area contributed by atoms with Crippen LogP contribution in [-0.4, -0.2) is 49.4 Å². The molecular weight excluding hydrogens is 420 g/mol. The molecule has 3 heterocycles. The Morgan fingerprint density at radius 2 is 1.93 bits per heavy atom. The number of para-hydroxylation sites is 1. The number of aromatic nitrogens is 4. The van der Waals surface area contributed by atoms with Crippen LogP contribution in [0, 0.1) is 5.92 Å². The van der Waals surface area contributed by atoms with Crippen molar-refractivity contribution in [2.24, 2.45) is 5.92 Å². The number of anilines is 1. The zero-order valence-electron chi connectivity index (χ0n) is 15.1. The average Bonchev–Trinajstić information content (AvgIpc) is 3.46. The van der Waals surface area contributed by atoms with E-state index < -0.39 is 0 Å². The molecule has 1 aliphatic heterocycles. The molecule has 1 N–H and O–H groups in total. The first-order valence-corrected chi connectivity index (χ1v) is 10.1. The minimum Gasteiger partial charge on any atom is -0.365 e. The van der Waals surface area contributed by atoms with E-state index >= 15 is 0 Å². The molecule has 1 amide bonds. The standard InChI is InChI=1S/C20H19BrN6O/c21-14-5-6-19(22-11-14)25-16-9-13-10-18(16)26(12-13)20(28)15-3-1-2-4-17(15)27-23-7-8-24-27/h1-8,11,13,16,18H,9-10,12H2,(H,22,25)/t13-,16+,18-/m0/s1. The van der Waals surface area contributed by atoms with Gasteiger partial charge in [0.1, 0.15) is 5.82 Å². The Morgan fingerprint density at radius 1 is 1.11 bits per heavy atom. The van der Waals surface area contributed by atoms with Gasteiger partial charge in [0, 0.05) is 23.3 Å². The van der Waals surface area contributed by atoms with Crippen LogP contribution in [0.1, 0.15) is 23.2 Å². The third-order valence-corrected chi connectivity index (χ3v) is 6.04. The monoisotopic (exact) mass is 438 g/mol. The number of likely N-dealkylation sites (tertiary alicyclic amines) is 1. The molecule has 3 atom stereocenters. The first-order chi connectivity index (χ1) is 13.7. The molecule has 2 fully saturated rings. The normalized spacial score (nSPS) is 23.2. The van der Waals surface area contributed by atoms with Crippen LogP contribution in [0.15, 0.2) is 59.5 Å². The van der Waals surface area contributed by atoms with Crippen LogP contribution >= 0.6 is 15.9 Å². The highest BCUT2D eigenvalue weighted by atomic mass is 79.9. The molecule has 1 aromatic carbocycles. The first kappa shape index (κ1) is 17.4. The molecular formula is C20H19BrN6O. The Bertz CT molecular complexity index is 990. The summed E-state index contributed by atoms with van der Waals surface area (Å²) in [5.41, 5.74) is 1.34. The molecule has 0 spiro atoms. The van der Waals surface area contributed by atoms with Crippen LogP contribution in [0.5, 0.6) is 0 Å². The lowest BCUT2D eigenvalue weighted by Crippen LogP contribution is -2.48. The number of fused-ring (bicyclic) bond motifs is 2. The van der Waals surface area contributed by atoms with Crippen molar-refractivity contribution in [3.05, 3.63) is 65.0 Å². The largest absolute Gasteiger partial charge is 0.365 e. The van der Waals surface area contributed by atoms with Crippen molar-refractivity contribution in [3.8, 4) is 5.69 Å². The summed E-state index contributed by atoms with van der Waals surface area (Å²) < 4.78 is 0.951. The van der Waals surface area contributed by atoms with Gasteiger partial charge < -0.3 is 10.2 Å². The summed E-state index contributed by atoms with van der Waals surface area (Å²) in [6.07, 6.45) is 7.11. The highest BCUT2D eigenvalue weighted by Gasteiger charge is 2.47. The van der Waals surface area contributed by atoms with Gasteiger partial charge in [-0.25, -0.2) is 4.98 Å². The third kappa shape index (κ3) is 3.07. The summed E-state index contributed by atoms with van der Waals surface area (Å²) in [5, 5.41) is 11.9. The highest BCUT2D eigenvalue weighted by Crippen LogP contribution is 2.40. The lowest BCUT2D eigenvalue weighted by molar-refractivity contribution is 0.0691. The van der Waals surface area contributed by atoms with E-state index in [1.807, 2.05) is 41.3 Å². The second-order valence-electron chi connectivity index (χ2n) is 7.31. The maximum absolute atomic E-state index is 13.4. The molecule has 8 heteroatoms. The Hall–Kier alpha value is -2.74. The van der Waals surface area contributed by atoms with Gasteiger partial charge in [0.05, 0.1) is 29.7 Å². The van der Waals surface area contributed by atoms with Crippen molar-refractivity contribution in [1.29, 1.82) is 0 Å². The van der Waals surface area contributed by atoms with Gasteiger partial charge in [0.2, 0.25) is 0 Å². The van der Waals surface area contributed by atoms with E-state index in [4.69, 9.17) is 0 Å². The number of nitrogens with zero attached hydrogens (tertiary/aromatic N) is 5. The number of rotatable bonds is 4. The number of nitrogens with one attached hydrogen (secondary N) is 1. The van der Waals surface area contributed by atoms with Gasteiger partial charge in [0.15, 0.2) is 0 Å². The number of carbonyl (C=O) groups excluding carboxylic acids is 1. The second-order valence-corrected chi connectivity index (χ2v) is 8.23. The summed E-state index contributed by atoms with van der Waals surface area (Å²) in [6.45, 7) is 0.802. The predicted octanol–water partition coefficient (Wildman–Crippen LogP) is 3.14. The van der Waals surface area contributed by atoms with Crippen LogP contribution in [0.3, 0.4) is 0 Å². The van der Waals surface area contributed by atoms with Gasteiger partial charge in [-0.15, -0.1) is 0 Å². The van der Waals surface area contributed by atoms with Crippen LogP contribution in [0.25, 0.3) is 5.69 Å². The van der Waals surface area contributed by atoms with Crippen LogP contribution in [0.2, 0.25) is 0 Å². The fourth-order valence-electron chi connectivity index (χ4n) is 4.39. The minimum absolute atomic E-state index is 0.0377. The van der Waals surface area contributed by atoms with E-state index in [0.29, 0.717) is 17.2 Å². The van der Waals surface area contributed by atoms with E-state index in [0.717, 1.165) is 29.7 Å². The SMILES string of the molecule is O=C(c1ccccc1-n1nccn1)N1C[C@H]2C[C@@H](Nc3ccc(Br)cn3)[C@@H]1C2. The van der Waals surface area contributed by atoms with Crippen LogP contribution in [0.4, 0.5) is 5.82 Å². The van der Waals surface area contributed by atoms with Gasteiger partial charge in [-0.2, -0.15) is 15.0 Å².